The molecular weight excluding hydrogens is 284 g/mol. The van der Waals surface area contributed by atoms with Crippen LogP contribution in [0.4, 0.5) is 5.69 Å². The summed E-state index contributed by atoms with van der Waals surface area (Å²) in [4.78, 5) is 10.1. The first-order chi connectivity index (χ1) is 9.24. The summed E-state index contributed by atoms with van der Waals surface area (Å²) in [6, 6.07) is 3.62. The number of nitrogens with zero attached hydrogens (tertiary/aromatic N) is 1. The lowest BCUT2D eigenvalue weighted by Gasteiger charge is -2.09. The van der Waals surface area contributed by atoms with Crippen LogP contribution < -0.4 is 4.72 Å². The molecule has 0 aromatic heterocycles. The minimum Gasteiger partial charge on any atom is -0.393 e. The zero-order valence-electron chi connectivity index (χ0n) is 11.4. The second-order valence-corrected chi connectivity index (χ2v) is 6.33. The number of rotatable bonds is 7. The summed E-state index contributed by atoms with van der Waals surface area (Å²) in [5, 5.41) is 19.7. The molecule has 0 aliphatic heterocycles. The monoisotopic (exact) mass is 302 g/mol. The van der Waals surface area contributed by atoms with E-state index in [2.05, 4.69) is 4.72 Å². The van der Waals surface area contributed by atoms with Crippen LogP contribution in [-0.4, -0.2) is 31.1 Å². The maximum atomic E-state index is 12.0. The number of hydrogen-bond donors (Lipinski definition) is 2. The van der Waals surface area contributed by atoms with E-state index in [0.717, 1.165) is 6.07 Å². The van der Waals surface area contributed by atoms with Crippen molar-refractivity contribution in [1.82, 2.24) is 4.72 Å². The maximum Gasteiger partial charge on any atom is 0.269 e. The third-order valence-corrected chi connectivity index (χ3v) is 4.37. The lowest BCUT2D eigenvalue weighted by atomic mass is 10.2. The van der Waals surface area contributed by atoms with Gasteiger partial charge in [-0.25, -0.2) is 13.1 Å². The largest absolute Gasteiger partial charge is 0.393 e. The fourth-order valence-corrected chi connectivity index (χ4v) is 3.03. The van der Waals surface area contributed by atoms with Crippen molar-refractivity contribution in [1.29, 1.82) is 0 Å². The van der Waals surface area contributed by atoms with E-state index in [1.165, 1.54) is 19.1 Å². The highest BCUT2D eigenvalue weighted by atomic mass is 32.2. The van der Waals surface area contributed by atoms with Crippen molar-refractivity contribution in [3.63, 3.8) is 0 Å². The molecule has 8 heteroatoms. The minimum absolute atomic E-state index is 0.0279. The quantitative estimate of drug-likeness (QED) is 0.449. The second-order valence-electron chi connectivity index (χ2n) is 4.60. The average Bonchev–Trinajstić information content (AvgIpc) is 2.34. The molecule has 1 unspecified atom stereocenters. The number of non-ortho nitro benzene ring substituents is 1. The van der Waals surface area contributed by atoms with Crippen LogP contribution in [0.1, 0.15) is 25.3 Å². The van der Waals surface area contributed by atoms with Crippen LogP contribution in [0.2, 0.25) is 0 Å². The predicted molar refractivity (Wildman–Crippen MR) is 73.9 cm³/mol. The second kappa shape index (κ2) is 6.78. The minimum atomic E-state index is -3.69. The zero-order chi connectivity index (χ0) is 15.3. The number of nitro benzene ring substituents is 1. The van der Waals surface area contributed by atoms with Gasteiger partial charge in [0.05, 0.1) is 15.9 Å². The Labute approximate surface area is 117 Å². The lowest BCUT2D eigenvalue weighted by molar-refractivity contribution is -0.385. The molecule has 0 aliphatic rings. The number of aliphatic hydroxyl groups excluding tert-OH is 1. The molecule has 2 N–H and O–H groups in total. The maximum absolute atomic E-state index is 12.0. The molecule has 1 aromatic rings. The van der Waals surface area contributed by atoms with Crippen LogP contribution in [0.5, 0.6) is 0 Å². The zero-order valence-corrected chi connectivity index (χ0v) is 12.2. The van der Waals surface area contributed by atoms with Crippen molar-refractivity contribution in [2.75, 3.05) is 6.54 Å². The Morgan fingerprint density at radius 3 is 2.60 bits per heavy atom. The van der Waals surface area contributed by atoms with Gasteiger partial charge >= 0.3 is 0 Å². The van der Waals surface area contributed by atoms with Crippen LogP contribution >= 0.6 is 0 Å². The van der Waals surface area contributed by atoms with Gasteiger partial charge < -0.3 is 5.11 Å². The first kappa shape index (κ1) is 16.5. The normalized spacial score (nSPS) is 13.2. The van der Waals surface area contributed by atoms with Crippen LogP contribution in [-0.2, 0) is 10.0 Å². The highest BCUT2D eigenvalue weighted by molar-refractivity contribution is 7.89. The molecule has 0 bridgehead atoms. The number of sulfonamides is 1. The molecule has 0 saturated carbocycles. The first-order valence-electron chi connectivity index (χ1n) is 6.17. The van der Waals surface area contributed by atoms with Gasteiger partial charge in [0.1, 0.15) is 0 Å². The Bertz CT molecular complexity index is 584. The third-order valence-electron chi connectivity index (χ3n) is 2.75. The highest BCUT2D eigenvalue weighted by Crippen LogP contribution is 2.20. The van der Waals surface area contributed by atoms with Gasteiger partial charge in [0.2, 0.25) is 10.0 Å². The van der Waals surface area contributed by atoms with Gasteiger partial charge in [-0.1, -0.05) is 0 Å². The molecule has 0 heterocycles. The first-order valence-corrected chi connectivity index (χ1v) is 7.65. The number of nitro groups is 1. The van der Waals surface area contributed by atoms with E-state index in [1.807, 2.05) is 0 Å². The number of aliphatic hydroxyl groups is 1. The van der Waals surface area contributed by atoms with Crippen LogP contribution in [0, 0.1) is 17.0 Å². The molecule has 0 amide bonds. The molecule has 0 spiro atoms. The molecule has 1 atom stereocenters. The molecule has 112 valence electrons. The summed E-state index contributed by atoms with van der Waals surface area (Å²) < 4.78 is 26.5. The van der Waals surface area contributed by atoms with Crippen LogP contribution in [0.25, 0.3) is 0 Å². The van der Waals surface area contributed by atoms with E-state index in [4.69, 9.17) is 5.11 Å². The molecule has 1 rings (SSSR count). The summed E-state index contributed by atoms with van der Waals surface area (Å²) in [6.45, 7) is 3.36. The fraction of sp³-hybridized carbons (Fsp3) is 0.500. The van der Waals surface area contributed by atoms with Gasteiger partial charge in [-0.3, -0.25) is 10.1 Å². The van der Waals surface area contributed by atoms with Crippen molar-refractivity contribution in [3.8, 4) is 0 Å². The number of aryl methyl sites for hydroxylation is 1. The molecule has 0 aliphatic carbocycles. The van der Waals surface area contributed by atoms with Crippen molar-refractivity contribution in [3.05, 3.63) is 33.9 Å². The Morgan fingerprint density at radius 1 is 1.45 bits per heavy atom. The van der Waals surface area contributed by atoms with Gasteiger partial charge in [0.25, 0.3) is 5.69 Å². The van der Waals surface area contributed by atoms with Gasteiger partial charge in [0.15, 0.2) is 0 Å². The van der Waals surface area contributed by atoms with Gasteiger partial charge in [-0.2, -0.15) is 0 Å². The Kier molecular flexibility index (Phi) is 5.61. The highest BCUT2D eigenvalue weighted by Gasteiger charge is 2.18. The van der Waals surface area contributed by atoms with Gasteiger partial charge in [-0.15, -0.1) is 0 Å². The Morgan fingerprint density at radius 2 is 2.10 bits per heavy atom. The number of benzene rings is 1. The summed E-state index contributed by atoms with van der Waals surface area (Å²) in [6.07, 6.45) is 0.547. The Balaban J connectivity index is 2.80. The number of nitrogens with one attached hydrogen (secondary N) is 1. The van der Waals surface area contributed by atoms with Crippen LogP contribution in [0.15, 0.2) is 23.1 Å². The van der Waals surface area contributed by atoms with Crippen LogP contribution in [0.3, 0.4) is 0 Å². The molecule has 7 nitrogen and oxygen atoms in total. The molecule has 0 saturated heterocycles. The number of hydrogen-bond acceptors (Lipinski definition) is 5. The third kappa shape index (κ3) is 4.55. The van der Waals surface area contributed by atoms with E-state index in [1.54, 1.807) is 6.92 Å². The van der Waals surface area contributed by atoms with Crippen molar-refractivity contribution in [2.24, 2.45) is 0 Å². The molecular formula is C12H18N2O5S. The van der Waals surface area contributed by atoms with E-state index in [0.29, 0.717) is 18.4 Å². The Hall–Kier alpha value is -1.51. The van der Waals surface area contributed by atoms with Gasteiger partial charge in [-0.05, 0) is 38.3 Å². The van der Waals surface area contributed by atoms with E-state index in [9.17, 15) is 18.5 Å². The van der Waals surface area contributed by atoms with E-state index in [-0.39, 0.29) is 17.1 Å². The van der Waals surface area contributed by atoms with Crippen molar-refractivity contribution < 1.29 is 18.4 Å². The lowest BCUT2D eigenvalue weighted by Crippen LogP contribution is -2.26. The topological polar surface area (TPSA) is 110 Å². The van der Waals surface area contributed by atoms with Crippen molar-refractivity contribution in [2.45, 2.75) is 37.7 Å². The standard InChI is InChI=1S/C12H18N2O5S/c1-9-8-11(14(16)17)5-6-12(9)20(18,19)13-7-3-4-10(2)15/h5-6,8,10,13,15H,3-4,7H2,1-2H3. The van der Waals surface area contributed by atoms with Crippen molar-refractivity contribution >= 4 is 15.7 Å². The summed E-state index contributed by atoms with van der Waals surface area (Å²) in [7, 11) is -3.69. The van der Waals surface area contributed by atoms with Gasteiger partial charge in [0, 0.05) is 18.7 Å². The molecule has 0 fully saturated rings. The van der Waals surface area contributed by atoms with E-state index >= 15 is 0 Å². The SMILES string of the molecule is Cc1cc([N+](=O)[O-])ccc1S(=O)(=O)NCCCC(C)O. The van der Waals surface area contributed by atoms with E-state index < -0.39 is 21.1 Å². The molecule has 20 heavy (non-hydrogen) atoms. The predicted octanol–water partition coefficient (Wildman–Crippen LogP) is 1.34. The summed E-state index contributed by atoms with van der Waals surface area (Å²) in [5.41, 5.74) is 0.179. The summed E-state index contributed by atoms with van der Waals surface area (Å²) >= 11 is 0. The molecule has 1 aromatic carbocycles. The average molecular weight is 302 g/mol. The fourth-order valence-electron chi connectivity index (χ4n) is 1.73. The molecule has 0 radical (unpaired) electrons. The smallest absolute Gasteiger partial charge is 0.269 e. The summed E-state index contributed by atoms with van der Waals surface area (Å²) in [5.74, 6) is 0.